The zero-order valence-corrected chi connectivity index (χ0v) is 18.0. The van der Waals surface area contributed by atoms with Gasteiger partial charge in [-0.2, -0.15) is 0 Å². The van der Waals surface area contributed by atoms with Crippen molar-refractivity contribution in [3.8, 4) is 0 Å². The van der Waals surface area contributed by atoms with Gasteiger partial charge in [0.1, 0.15) is 0 Å². The monoisotopic (exact) mass is 441 g/mol. The summed E-state index contributed by atoms with van der Waals surface area (Å²) in [5.74, 6) is 0. The van der Waals surface area contributed by atoms with Gasteiger partial charge in [-0.15, -0.1) is 17.0 Å². The second-order valence-corrected chi connectivity index (χ2v) is 10.5. The van der Waals surface area contributed by atoms with Crippen LogP contribution in [-0.4, -0.2) is 12.7 Å². The predicted octanol–water partition coefficient (Wildman–Crippen LogP) is 5.38. The summed E-state index contributed by atoms with van der Waals surface area (Å²) in [6.07, 6.45) is 3.07. The fourth-order valence-electron chi connectivity index (χ4n) is 3.72. The van der Waals surface area contributed by atoms with Gasteiger partial charge < -0.3 is 0 Å². The standard InChI is InChI=1S/C22H24N3P.BrH/c23-25-24-18-10-11-19-26(20-12-4-1-5-13-20,21-14-6-2-7-15-21)22-16-8-3-9-17-22;/h1-9,12-17,26H,10-11,18-19H2;1H. The Morgan fingerprint density at radius 2 is 1.07 bits per heavy atom. The van der Waals surface area contributed by atoms with Gasteiger partial charge in [0.15, 0.2) is 0 Å². The summed E-state index contributed by atoms with van der Waals surface area (Å²) in [4.78, 5) is 2.88. The molecule has 0 saturated heterocycles. The molecular formula is C22H25BrN3P. The van der Waals surface area contributed by atoms with Gasteiger partial charge in [0.25, 0.3) is 0 Å². The Bertz CT molecular complexity index is 754. The van der Waals surface area contributed by atoms with Crippen molar-refractivity contribution in [1.82, 2.24) is 0 Å². The molecule has 0 N–H and O–H groups in total. The Balaban J connectivity index is 0.00000261. The average Bonchev–Trinajstić information content (AvgIpc) is 2.73. The second-order valence-electron chi connectivity index (χ2n) is 6.41. The van der Waals surface area contributed by atoms with Crippen molar-refractivity contribution in [2.24, 2.45) is 5.11 Å². The number of hydrogen-bond acceptors (Lipinski definition) is 1. The van der Waals surface area contributed by atoms with Crippen molar-refractivity contribution in [1.29, 1.82) is 0 Å². The average molecular weight is 442 g/mol. The third kappa shape index (κ3) is 4.99. The molecule has 0 heterocycles. The van der Waals surface area contributed by atoms with E-state index in [1.165, 1.54) is 15.9 Å². The van der Waals surface area contributed by atoms with Crippen molar-refractivity contribution in [3.05, 3.63) is 101 Å². The molecule has 3 aromatic carbocycles. The van der Waals surface area contributed by atoms with E-state index < -0.39 is 7.26 Å². The van der Waals surface area contributed by atoms with Gasteiger partial charge in [0, 0.05) is 0 Å². The summed E-state index contributed by atoms with van der Waals surface area (Å²) >= 11 is 0. The van der Waals surface area contributed by atoms with Crippen LogP contribution in [0, 0.1) is 0 Å². The molecule has 0 bridgehead atoms. The van der Waals surface area contributed by atoms with Crippen LogP contribution < -0.4 is 15.9 Å². The number of benzene rings is 3. The molecule has 140 valence electrons. The molecule has 0 spiro atoms. The van der Waals surface area contributed by atoms with Crippen molar-refractivity contribution in [2.45, 2.75) is 12.8 Å². The number of halogens is 1. The summed E-state index contributed by atoms with van der Waals surface area (Å²) in [7, 11) is -2.12. The van der Waals surface area contributed by atoms with Crippen LogP contribution >= 0.6 is 24.2 Å². The van der Waals surface area contributed by atoms with Crippen LogP contribution in [0.15, 0.2) is 96.1 Å². The molecule has 0 aliphatic rings. The SMILES string of the molecule is Br.[N-]=[N+]=NCCCC[PH](c1ccccc1)(c1ccccc1)c1ccccc1. The molecule has 0 aliphatic heterocycles. The van der Waals surface area contributed by atoms with Crippen LogP contribution in [0.25, 0.3) is 10.4 Å². The van der Waals surface area contributed by atoms with Gasteiger partial charge in [-0.3, -0.25) is 0 Å². The zero-order chi connectivity index (χ0) is 18.1. The number of nitrogens with zero attached hydrogens (tertiary/aromatic N) is 3. The van der Waals surface area contributed by atoms with Gasteiger partial charge in [-0.05, 0) is 0 Å². The van der Waals surface area contributed by atoms with E-state index in [4.69, 9.17) is 5.53 Å². The Labute approximate surface area is 172 Å². The molecule has 3 aromatic rings. The van der Waals surface area contributed by atoms with Crippen molar-refractivity contribution in [3.63, 3.8) is 0 Å². The molecular weight excluding hydrogens is 417 g/mol. The summed E-state index contributed by atoms with van der Waals surface area (Å²) < 4.78 is 0. The van der Waals surface area contributed by atoms with Crippen LogP contribution in [0.3, 0.4) is 0 Å². The van der Waals surface area contributed by atoms with Crippen LogP contribution in [0.1, 0.15) is 12.8 Å². The third-order valence-electron chi connectivity index (χ3n) is 4.92. The maximum absolute atomic E-state index is 8.53. The fourth-order valence-corrected chi connectivity index (χ4v) is 8.65. The van der Waals surface area contributed by atoms with E-state index in [1.807, 2.05) is 0 Å². The Kier molecular flexibility index (Phi) is 8.54. The van der Waals surface area contributed by atoms with Crippen LogP contribution in [0.4, 0.5) is 0 Å². The van der Waals surface area contributed by atoms with Crippen LogP contribution in [0.2, 0.25) is 0 Å². The van der Waals surface area contributed by atoms with E-state index in [0.29, 0.717) is 6.54 Å². The molecule has 3 rings (SSSR count). The minimum absolute atomic E-state index is 0. The predicted molar refractivity (Wildman–Crippen MR) is 125 cm³/mol. The quantitative estimate of drug-likeness (QED) is 0.148. The van der Waals surface area contributed by atoms with Crippen molar-refractivity contribution < 1.29 is 0 Å². The van der Waals surface area contributed by atoms with E-state index in [0.717, 1.165) is 19.0 Å². The van der Waals surface area contributed by atoms with Gasteiger partial charge in [-0.1, -0.05) is 0 Å². The fraction of sp³-hybridized carbons (Fsp3) is 0.182. The number of rotatable bonds is 8. The van der Waals surface area contributed by atoms with Crippen molar-refractivity contribution >= 4 is 40.2 Å². The summed E-state index contributed by atoms with van der Waals surface area (Å²) in [5.41, 5.74) is 8.53. The number of hydrogen-bond donors (Lipinski definition) is 0. The maximum atomic E-state index is 8.53. The Hall–Kier alpha value is -2.12. The molecule has 3 nitrogen and oxygen atoms in total. The van der Waals surface area contributed by atoms with E-state index in [2.05, 4.69) is 101 Å². The molecule has 0 saturated carbocycles. The van der Waals surface area contributed by atoms with Gasteiger partial charge >= 0.3 is 155 Å². The summed E-state index contributed by atoms with van der Waals surface area (Å²) in [6, 6.07) is 32.8. The zero-order valence-electron chi connectivity index (χ0n) is 15.2. The van der Waals surface area contributed by atoms with Gasteiger partial charge in [-0.25, -0.2) is 0 Å². The molecule has 0 atom stereocenters. The third-order valence-corrected chi connectivity index (χ3v) is 9.98. The summed E-state index contributed by atoms with van der Waals surface area (Å²) in [6.45, 7) is 0.569. The molecule has 0 fully saturated rings. The second kappa shape index (κ2) is 10.9. The van der Waals surface area contributed by atoms with E-state index >= 15 is 0 Å². The first-order valence-electron chi connectivity index (χ1n) is 9.05. The minimum atomic E-state index is -2.12. The Morgan fingerprint density at radius 1 is 0.667 bits per heavy atom. The molecule has 0 aliphatic carbocycles. The first kappa shape index (κ1) is 21.2. The molecule has 0 unspecified atom stereocenters. The number of azide groups is 1. The molecule has 5 heteroatoms. The number of unbranched alkanes of at least 4 members (excludes halogenated alkanes) is 1. The molecule has 27 heavy (non-hydrogen) atoms. The van der Waals surface area contributed by atoms with E-state index in [1.54, 1.807) is 0 Å². The first-order valence-corrected chi connectivity index (χ1v) is 11.3. The van der Waals surface area contributed by atoms with Gasteiger partial charge in [0.2, 0.25) is 0 Å². The normalized spacial score (nSPS) is 11.1. The molecule has 0 aromatic heterocycles. The van der Waals surface area contributed by atoms with E-state index in [-0.39, 0.29) is 17.0 Å². The van der Waals surface area contributed by atoms with Crippen molar-refractivity contribution in [2.75, 3.05) is 12.7 Å². The summed E-state index contributed by atoms with van der Waals surface area (Å²) in [5, 5.41) is 8.00. The molecule has 0 amide bonds. The van der Waals surface area contributed by atoms with E-state index in [9.17, 15) is 0 Å². The topological polar surface area (TPSA) is 48.8 Å². The Morgan fingerprint density at radius 3 is 1.44 bits per heavy atom. The van der Waals surface area contributed by atoms with Crippen LogP contribution in [0.5, 0.6) is 0 Å². The van der Waals surface area contributed by atoms with Gasteiger partial charge in [0.05, 0.1) is 0 Å². The van der Waals surface area contributed by atoms with Crippen LogP contribution in [-0.2, 0) is 0 Å². The first-order chi connectivity index (χ1) is 12.9. The molecule has 0 radical (unpaired) electrons.